The molecule has 0 unspecified atom stereocenters. The molecule has 0 spiro atoms. The summed E-state index contributed by atoms with van der Waals surface area (Å²) in [6, 6.07) is 34.2. The smallest absolute Gasteiger partial charge is 0.135 e. The molecule has 0 amide bonds. The van der Waals surface area contributed by atoms with E-state index >= 15 is 0 Å². The minimum absolute atomic E-state index is 0.137. The molecule has 0 aliphatic rings. The highest BCUT2D eigenvalue weighted by atomic mass is 15.0. The first-order valence-corrected chi connectivity index (χ1v) is 11.4. The molecule has 0 radical (unpaired) electrons. The van der Waals surface area contributed by atoms with Gasteiger partial charge in [0.05, 0.1) is 22.2 Å². The average molecular weight is 428 g/mol. The van der Waals surface area contributed by atoms with Crippen LogP contribution in [0.5, 0.6) is 0 Å². The van der Waals surface area contributed by atoms with Crippen molar-refractivity contribution in [2.45, 2.75) is 26.2 Å². The largest absolute Gasteiger partial charge is 0.309 e. The highest BCUT2D eigenvalue weighted by Crippen LogP contribution is 2.36. The molecule has 33 heavy (non-hydrogen) atoms. The zero-order valence-corrected chi connectivity index (χ0v) is 19.1. The lowest BCUT2D eigenvalue weighted by molar-refractivity contribution is 0.549. The summed E-state index contributed by atoms with van der Waals surface area (Å²) in [6.45, 7) is 6.49. The average Bonchev–Trinajstić information content (AvgIpc) is 3.17. The van der Waals surface area contributed by atoms with Gasteiger partial charge in [0.2, 0.25) is 0 Å². The predicted molar refractivity (Wildman–Crippen MR) is 138 cm³/mol. The molecule has 0 atom stereocenters. The van der Waals surface area contributed by atoms with Gasteiger partial charge in [-0.05, 0) is 30.3 Å². The van der Waals surface area contributed by atoms with Crippen molar-refractivity contribution in [3.63, 3.8) is 0 Å². The Morgan fingerprint density at radius 2 is 1.27 bits per heavy atom. The molecule has 0 bridgehead atoms. The van der Waals surface area contributed by atoms with E-state index in [2.05, 4.69) is 116 Å². The van der Waals surface area contributed by atoms with Gasteiger partial charge in [0.25, 0.3) is 0 Å². The van der Waals surface area contributed by atoms with Crippen LogP contribution in [0.2, 0.25) is 0 Å². The molecule has 2 heterocycles. The zero-order valence-electron chi connectivity index (χ0n) is 19.1. The van der Waals surface area contributed by atoms with Gasteiger partial charge >= 0.3 is 0 Å². The van der Waals surface area contributed by atoms with Crippen LogP contribution >= 0.6 is 0 Å². The van der Waals surface area contributed by atoms with E-state index in [1.54, 1.807) is 0 Å². The Morgan fingerprint density at radius 3 is 2.06 bits per heavy atom. The first-order chi connectivity index (χ1) is 16.0. The summed E-state index contributed by atoms with van der Waals surface area (Å²) in [6.07, 6.45) is 0. The van der Waals surface area contributed by atoms with E-state index in [-0.39, 0.29) is 5.41 Å². The van der Waals surface area contributed by atoms with Gasteiger partial charge in [0, 0.05) is 32.8 Å². The number of rotatable bonds is 2. The van der Waals surface area contributed by atoms with Crippen molar-refractivity contribution in [3.8, 4) is 16.9 Å². The van der Waals surface area contributed by atoms with E-state index in [0.717, 1.165) is 33.7 Å². The molecule has 4 aromatic carbocycles. The molecular weight excluding hydrogens is 402 g/mol. The van der Waals surface area contributed by atoms with Crippen LogP contribution in [0.15, 0.2) is 97.1 Å². The maximum Gasteiger partial charge on any atom is 0.135 e. The fourth-order valence-corrected chi connectivity index (χ4v) is 4.61. The number of aromatic nitrogens is 3. The summed E-state index contributed by atoms with van der Waals surface area (Å²) in [5.41, 5.74) is 6.48. The van der Waals surface area contributed by atoms with Gasteiger partial charge in [0.1, 0.15) is 5.82 Å². The summed E-state index contributed by atoms with van der Waals surface area (Å²) in [4.78, 5) is 9.96. The summed E-state index contributed by atoms with van der Waals surface area (Å²) in [7, 11) is 0. The Balaban J connectivity index is 1.69. The van der Waals surface area contributed by atoms with Crippen LogP contribution in [-0.4, -0.2) is 14.5 Å². The van der Waals surface area contributed by atoms with Crippen molar-refractivity contribution in [2.24, 2.45) is 0 Å². The molecule has 3 heteroatoms. The molecule has 0 aliphatic carbocycles. The van der Waals surface area contributed by atoms with Crippen molar-refractivity contribution in [1.82, 2.24) is 14.5 Å². The van der Waals surface area contributed by atoms with E-state index in [4.69, 9.17) is 9.97 Å². The van der Waals surface area contributed by atoms with Crippen LogP contribution in [0, 0.1) is 0 Å². The maximum absolute atomic E-state index is 5.09. The molecule has 3 nitrogen and oxygen atoms in total. The SMILES string of the molecule is CC(C)(C)c1nc(-c2ccc3c4ccccc4n(-c4ccccc4)c3c2)c2ccccc2n1. The first kappa shape index (κ1) is 19.7. The predicted octanol–water partition coefficient (Wildman–Crippen LogP) is 7.69. The summed E-state index contributed by atoms with van der Waals surface area (Å²) in [5, 5.41) is 3.57. The van der Waals surface area contributed by atoms with Gasteiger partial charge in [0.15, 0.2) is 0 Å². The van der Waals surface area contributed by atoms with Gasteiger partial charge in [-0.1, -0.05) is 87.5 Å². The van der Waals surface area contributed by atoms with Gasteiger partial charge in [-0.3, -0.25) is 0 Å². The number of hydrogen-bond acceptors (Lipinski definition) is 2. The van der Waals surface area contributed by atoms with Crippen LogP contribution in [0.4, 0.5) is 0 Å². The molecule has 2 aromatic heterocycles. The minimum atomic E-state index is -0.137. The van der Waals surface area contributed by atoms with Crippen molar-refractivity contribution < 1.29 is 0 Å². The van der Waals surface area contributed by atoms with Crippen LogP contribution < -0.4 is 0 Å². The first-order valence-electron chi connectivity index (χ1n) is 11.4. The molecule has 6 rings (SSSR count). The normalized spacial score (nSPS) is 12.1. The molecule has 0 aliphatic heterocycles. The monoisotopic (exact) mass is 427 g/mol. The van der Waals surface area contributed by atoms with Crippen molar-refractivity contribution in [3.05, 3.63) is 103 Å². The van der Waals surface area contributed by atoms with E-state index in [1.165, 1.54) is 21.8 Å². The molecule has 160 valence electrons. The lowest BCUT2D eigenvalue weighted by Gasteiger charge is -2.19. The standard InChI is InChI=1S/C30H25N3/c1-30(2,3)29-31-25-15-9-7-14-24(25)28(32-29)20-17-18-23-22-13-8-10-16-26(22)33(27(23)19-20)21-11-5-4-6-12-21/h4-19H,1-3H3. The maximum atomic E-state index is 5.09. The summed E-state index contributed by atoms with van der Waals surface area (Å²) >= 11 is 0. The van der Waals surface area contributed by atoms with E-state index in [1.807, 2.05) is 6.07 Å². The number of fused-ring (bicyclic) bond motifs is 4. The van der Waals surface area contributed by atoms with Crippen molar-refractivity contribution in [2.75, 3.05) is 0 Å². The Bertz CT molecular complexity index is 1640. The third kappa shape index (κ3) is 3.20. The lowest BCUT2D eigenvalue weighted by atomic mass is 9.94. The fraction of sp³-hybridized carbons (Fsp3) is 0.133. The highest BCUT2D eigenvalue weighted by Gasteiger charge is 2.21. The molecule has 0 saturated heterocycles. The van der Waals surface area contributed by atoms with Gasteiger partial charge in [-0.15, -0.1) is 0 Å². The van der Waals surface area contributed by atoms with Crippen LogP contribution in [0.3, 0.4) is 0 Å². The topological polar surface area (TPSA) is 30.7 Å². The lowest BCUT2D eigenvalue weighted by Crippen LogP contribution is -2.16. The van der Waals surface area contributed by atoms with E-state index in [0.29, 0.717) is 0 Å². The highest BCUT2D eigenvalue weighted by molar-refractivity contribution is 6.10. The fourth-order valence-electron chi connectivity index (χ4n) is 4.61. The third-order valence-electron chi connectivity index (χ3n) is 6.24. The Kier molecular flexibility index (Phi) is 4.34. The Labute approximate surface area is 193 Å². The molecular formula is C30H25N3. The van der Waals surface area contributed by atoms with Gasteiger partial charge in [-0.2, -0.15) is 0 Å². The van der Waals surface area contributed by atoms with Crippen LogP contribution in [-0.2, 0) is 5.41 Å². The molecule has 0 saturated carbocycles. The quantitative estimate of drug-likeness (QED) is 0.283. The van der Waals surface area contributed by atoms with Gasteiger partial charge < -0.3 is 4.57 Å². The number of hydrogen-bond donors (Lipinski definition) is 0. The minimum Gasteiger partial charge on any atom is -0.309 e. The Hall–Kier alpha value is -3.98. The van der Waals surface area contributed by atoms with E-state index < -0.39 is 0 Å². The van der Waals surface area contributed by atoms with Crippen molar-refractivity contribution >= 4 is 32.7 Å². The van der Waals surface area contributed by atoms with Crippen LogP contribution in [0.1, 0.15) is 26.6 Å². The van der Waals surface area contributed by atoms with Gasteiger partial charge in [-0.25, -0.2) is 9.97 Å². The van der Waals surface area contributed by atoms with Crippen molar-refractivity contribution in [1.29, 1.82) is 0 Å². The Morgan fingerprint density at radius 1 is 0.606 bits per heavy atom. The zero-order chi connectivity index (χ0) is 22.6. The van der Waals surface area contributed by atoms with Crippen LogP contribution in [0.25, 0.3) is 49.7 Å². The summed E-state index contributed by atoms with van der Waals surface area (Å²) in [5.74, 6) is 0.861. The third-order valence-corrected chi connectivity index (χ3v) is 6.24. The number of para-hydroxylation sites is 3. The second-order valence-electron chi connectivity index (χ2n) is 9.58. The number of benzene rings is 4. The molecule has 6 aromatic rings. The molecule has 0 fully saturated rings. The second kappa shape index (κ2) is 7.28. The second-order valence-corrected chi connectivity index (χ2v) is 9.58. The molecule has 0 N–H and O–H groups in total. The van der Waals surface area contributed by atoms with E-state index in [9.17, 15) is 0 Å². The summed E-state index contributed by atoms with van der Waals surface area (Å²) < 4.78 is 2.35. The number of nitrogens with zero attached hydrogens (tertiary/aromatic N) is 3.